The predicted octanol–water partition coefficient (Wildman–Crippen LogP) is 1.21. The van der Waals surface area contributed by atoms with Crippen LogP contribution in [0.5, 0.6) is 0 Å². The fraction of sp³-hybridized carbons (Fsp3) is 0.0909. The number of hydrogen-bond donors (Lipinski definition) is 2. The Morgan fingerprint density at radius 2 is 2.06 bits per heavy atom. The zero-order valence-corrected chi connectivity index (χ0v) is 9.37. The van der Waals surface area contributed by atoms with Gasteiger partial charge in [-0.1, -0.05) is 0 Å². The lowest BCUT2D eigenvalue weighted by atomic mass is 10.2. The predicted molar refractivity (Wildman–Crippen MR) is 65.6 cm³/mol. The van der Waals surface area contributed by atoms with Crippen LogP contribution >= 0.6 is 0 Å². The number of aromatic nitrogens is 4. The van der Waals surface area contributed by atoms with Crippen molar-refractivity contribution < 1.29 is 4.63 Å². The van der Waals surface area contributed by atoms with E-state index < -0.39 is 0 Å². The van der Waals surface area contributed by atoms with Crippen molar-refractivity contribution in [3.8, 4) is 0 Å². The van der Waals surface area contributed by atoms with E-state index in [1.54, 1.807) is 12.3 Å². The van der Waals surface area contributed by atoms with Gasteiger partial charge in [0.05, 0.1) is 23.6 Å². The summed E-state index contributed by atoms with van der Waals surface area (Å²) in [5.74, 6) is 0. The van der Waals surface area contributed by atoms with E-state index in [0.29, 0.717) is 23.3 Å². The highest BCUT2D eigenvalue weighted by atomic mass is 16.6. The maximum absolute atomic E-state index is 5.76. The summed E-state index contributed by atoms with van der Waals surface area (Å²) < 4.78 is 4.69. The average molecular weight is 242 g/mol. The minimum absolute atomic E-state index is 0.538. The second-order valence-electron chi connectivity index (χ2n) is 3.73. The highest BCUT2D eigenvalue weighted by molar-refractivity contribution is 5.94. The molecule has 0 atom stereocenters. The first-order valence-corrected chi connectivity index (χ1v) is 5.36. The van der Waals surface area contributed by atoms with Gasteiger partial charge in [0.2, 0.25) is 0 Å². The number of anilines is 2. The number of benzene rings is 1. The molecule has 0 unspecified atom stereocenters. The van der Waals surface area contributed by atoms with Gasteiger partial charge in [0.25, 0.3) is 0 Å². The van der Waals surface area contributed by atoms with Gasteiger partial charge in [0, 0.05) is 6.20 Å². The smallest absolute Gasteiger partial charge is 0.160 e. The van der Waals surface area contributed by atoms with Gasteiger partial charge >= 0.3 is 0 Å². The number of hydrogen-bond acceptors (Lipinski definition) is 7. The fourth-order valence-electron chi connectivity index (χ4n) is 1.64. The van der Waals surface area contributed by atoms with Crippen LogP contribution in [0.2, 0.25) is 0 Å². The van der Waals surface area contributed by atoms with Crippen LogP contribution in [0.15, 0.2) is 35.1 Å². The topological polar surface area (TPSA) is 103 Å². The van der Waals surface area contributed by atoms with Crippen LogP contribution in [0.4, 0.5) is 11.4 Å². The lowest BCUT2D eigenvalue weighted by Crippen LogP contribution is -2.03. The number of nitrogens with one attached hydrogen (secondary N) is 1. The van der Waals surface area contributed by atoms with E-state index in [1.165, 1.54) is 0 Å². The number of nitrogens with two attached hydrogens (primary N) is 1. The summed E-state index contributed by atoms with van der Waals surface area (Å²) in [5, 5.41) is 18.6. The van der Waals surface area contributed by atoms with Gasteiger partial charge in [-0.25, -0.2) is 4.63 Å². The molecule has 0 radical (unpaired) electrons. The Bertz CT molecular complexity index is 666. The molecule has 1 aromatic carbocycles. The van der Waals surface area contributed by atoms with Crippen LogP contribution in [0.1, 0.15) is 5.69 Å². The summed E-state index contributed by atoms with van der Waals surface area (Å²) in [6.45, 7) is 0.541. The molecule has 3 aromatic rings. The Morgan fingerprint density at radius 3 is 2.89 bits per heavy atom. The molecule has 7 nitrogen and oxygen atoms in total. The van der Waals surface area contributed by atoms with E-state index in [1.807, 2.05) is 18.2 Å². The highest BCUT2D eigenvalue weighted by Gasteiger charge is 2.09. The monoisotopic (exact) mass is 242 g/mol. The Balaban J connectivity index is 1.87. The van der Waals surface area contributed by atoms with Crippen LogP contribution in [0.3, 0.4) is 0 Å². The number of fused-ring (bicyclic) bond motifs is 1. The van der Waals surface area contributed by atoms with Crippen molar-refractivity contribution in [2.24, 2.45) is 0 Å². The van der Waals surface area contributed by atoms with Crippen molar-refractivity contribution in [3.05, 3.63) is 36.2 Å². The Morgan fingerprint density at radius 1 is 1.17 bits per heavy atom. The summed E-state index contributed by atoms with van der Waals surface area (Å²) >= 11 is 0. The van der Waals surface area contributed by atoms with E-state index in [-0.39, 0.29) is 0 Å². The summed E-state index contributed by atoms with van der Waals surface area (Å²) in [4.78, 5) is 0. The number of rotatable bonds is 3. The van der Waals surface area contributed by atoms with Crippen LogP contribution in [0.25, 0.3) is 11.0 Å². The molecule has 0 bridgehead atoms. The number of nitrogens with zero attached hydrogens (tertiary/aromatic N) is 4. The molecule has 0 saturated carbocycles. The minimum Gasteiger partial charge on any atom is -0.397 e. The Kier molecular flexibility index (Phi) is 2.49. The third kappa shape index (κ3) is 1.81. The van der Waals surface area contributed by atoms with Crippen LogP contribution in [-0.4, -0.2) is 20.5 Å². The lowest BCUT2D eigenvalue weighted by Gasteiger charge is -2.05. The quantitative estimate of drug-likeness (QED) is 0.665. The fourth-order valence-corrected chi connectivity index (χ4v) is 1.64. The van der Waals surface area contributed by atoms with Gasteiger partial charge in [-0.15, -0.1) is 0 Å². The molecule has 3 N–H and O–H groups in total. The molecule has 0 amide bonds. The van der Waals surface area contributed by atoms with Crippen LogP contribution in [0, 0.1) is 0 Å². The van der Waals surface area contributed by atoms with E-state index in [9.17, 15) is 0 Å². The zero-order chi connectivity index (χ0) is 12.4. The molecule has 2 heterocycles. The van der Waals surface area contributed by atoms with Gasteiger partial charge in [0.15, 0.2) is 11.0 Å². The number of nitrogen functional groups attached to an aromatic ring is 1. The maximum atomic E-state index is 5.76. The van der Waals surface area contributed by atoms with Gasteiger partial charge in [0.1, 0.15) is 0 Å². The standard InChI is InChI=1S/C11H10N6O/c12-8-3-4-9(11-10(8)16-18-17-11)13-6-7-2-1-5-14-15-7/h1-5,13H,6,12H2. The van der Waals surface area contributed by atoms with Crippen molar-refractivity contribution >= 4 is 22.4 Å². The lowest BCUT2D eigenvalue weighted by molar-refractivity contribution is 0.316. The summed E-state index contributed by atoms with van der Waals surface area (Å²) in [7, 11) is 0. The second-order valence-corrected chi connectivity index (χ2v) is 3.73. The molecule has 3 rings (SSSR count). The molecule has 0 aliphatic carbocycles. The molecular formula is C11H10N6O. The van der Waals surface area contributed by atoms with Crippen LogP contribution in [-0.2, 0) is 6.54 Å². The third-order valence-electron chi connectivity index (χ3n) is 2.53. The van der Waals surface area contributed by atoms with Crippen molar-refractivity contribution in [2.45, 2.75) is 6.54 Å². The molecule has 90 valence electrons. The first kappa shape index (κ1) is 10.5. The molecule has 0 fully saturated rings. The van der Waals surface area contributed by atoms with Crippen molar-refractivity contribution in [1.29, 1.82) is 0 Å². The van der Waals surface area contributed by atoms with Crippen molar-refractivity contribution in [2.75, 3.05) is 11.1 Å². The average Bonchev–Trinajstić information content (AvgIpc) is 2.90. The zero-order valence-electron chi connectivity index (χ0n) is 9.37. The Labute approximate surface area is 102 Å². The molecular weight excluding hydrogens is 232 g/mol. The molecule has 0 aliphatic heterocycles. The second kappa shape index (κ2) is 4.28. The van der Waals surface area contributed by atoms with Gasteiger partial charge < -0.3 is 11.1 Å². The molecule has 0 aliphatic rings. The summed E-state index contributed by atoms with van der Waals surface area (Å²) in [5.41, 5.74) is 9.10. The van der Waals surface area contributed by atoms with Gasteiger partial charge in [-0.05, 0) is 34.6 Å². The minimum atomic E-state index is 0.538. The molecule has 7 heteroatoms. The van der Waals surface area contributed by atoms with E-state index in [0.717, 1.165) is 11.4 Å². The largest absolute Gasteiger partial charge is 0.397 e. The van der Waals surface area contributed by atoms with Crippen molar-refractivity contribution in [1.82, 2.24) is 20.5 Å². The highest BCUT2D eigenvalue weighted by Crippen LogP contribution is 2.25. The van der Waals surface area contributed by atoms with Crippen molar-refractivity contribution in [3.63, 3.8) is 0 Å². The molecule has 0 saturated heterocycles. The molecule has 0 spiro atoms. The summed E-state index contributed by atoms with van der Waals surface area (Å²) in [6.07, 6.45) is 1.63. The first-order chi connectivity index (χ1) is 8.84. The molecule has 2 aromatic heterocycles. The van der Waals surface area contributed by atoms with E-state index in [2.05, 4.69) is 25.8 Å². The normalized spacial score (nSPS) is 10.7. The van der Waals surface area contributed by atoms with Gasteiger partial charge in [-0.3, -0.25) is 0 Å². The third-order valence-corrected chi connectivity index (χ3v) is 2.53. The summed E-state index contributed by atoms with van der Waals surface area (Å²) in [6, 6.07) is 7.31. The van der Waals surface area contributed by atoms with E-state index >= 15 is 0 Å². The van der Waals surface area contributed by atoms with Gasteiger partial charge in [-0.2, -0.15) is 10.2 Å². The first-order valence-electron chi connectivity index (χ1n) is 5.36. The SMILES string of the molecule is Nc1ccc(NCc2cccnn2)c2nonc12. The van der Waals surface area contributed by atoms with E-state index in [4.69, 9.17) is 10.4 Å². The maximum Gasteiger partial charge on any atom is 0.160 e. The Hall–Kier alpha value is -2.70. The molecule has 18 heavy (non-hydrogen) atoms. The van der Waals surface area contributed by atoms with Crippen LogP contribution < -0.4 is 11.1 Å².